The second-order valence-electron chi connectivity index (χ2n) is 8.12. The highest BCUT2D eigenvalue weighted by molar-refractivity contribution is 7.70. The molecule has 5 nitrogen and oxygen atoms in total. The van der Waals surface area contributed by atoms with Gasteiger partial charge >= 0.3 is 0 Å². The summed E-state index contributed by atoms with van der Waals surface area (Å²) in [4.78, 5) is 18.1. The van der Waals surface area contributed by atoms with Gasteiger partial charge in [0.2, 0.25) is 5.91 Å². The Hall–Kier alpha value is -2.11. The van der Waals surface area contributed by atoms with E-state index in [0.717, 1.165) is 0 Å². The van der Waals surface area contributed by atoms with Crippen molar-refractivity contribution in [1.82, 2.24) is 10.3 Å². The lowest BCUT2D eigenvalue weighted by atomic mass is 9.88. The van der Waals surface area contributed by atoms with Gasteiger partial charge < -0.3 is 14.8 Å². The smallest absolute Gasteiger partial charge is 0.244 e. The van der Waals surface area contributed by atoms with E-state index in [4.69, 9.17) is 0 Å². The molecule has 150 valence electrons. The third kappa shape index (κ3) is 3.38. The molecule has 1 atom stereocenters. The first-order valence-corrected chi connectivity index (χ1v) is 11.6. The fourth-order valence-corrected chi connectivity index (χ4v) is 4.90. The summed E-state index contributed by atoms with van der Waals surface area (Å²) in [6, 6.07) is 5.49. The van der Waals surface area contributed by atoms with Crippen LogP contribution < -0.4 is 15.7 Å². The van der Waals surface area contributed by atoms with Crippen LogP contribution in [0.2, 0.25) is 0 Å². The molecule has 0 bridgehead atoms. The van der Waals surface area contributed by atoms with Gasteiger partial charge in [-0.1, -0.05) is 19.9 Å². The Balaban J connectivity index is 2.10. The van der Waals surface area contributed by atoms with Crippen LogP contribution in [0.4, 0.5) is 14.5 Å². The van der Waals surface area contributed by atoms with E-state index in [1.54, 1.807) is 19.2 Å². The Morgan fingerprint density at radius 3 is 2.43 bits per heavy atom. The number of benzene rings is 1. The molecule has 1 aromatic heterocycles. The van der Waals surface area contributed by atoms with Gasteiger partial charge in [0.15, 0.2) is 11.6 Å². The molecule has 1 aliphatic heterocycles. The first-order valence-electron chi connectivity index (χ1n) is 8.96. The van der Waals surface area contributed by atoms with Crippen LogP contribution in [0.25, 0.3) is 11.1 Å². The molecule has 1 aliphatic rings. The number of likely N-dealkylation sites (N-methyl/N-ethyl adjacent to an activating group) is 1. The van der Waals surface area contributed by atoms with Crippen molar-refractivity contribution in [1.29, 1.82) is 0 Å². The topological polar surface area (TPSA) is 62.3 Å². The lowest BCUT2D eigenvalue weighted by Gasteiger charge is -2.23. The second kappa shape index (κ2) is 7.05. The third-order valence-electron chi connectivity index (χ3n) is 5.09. The number of hydrogen-bond acceptors (Lipinski definition) is 4. The minimum absolute atomic E-state index is 0.0238. The van der Waals surface area contributed by atoms with Gasteiger partial charge in [-0.25, -0.2) is 8.78 Å². The minimum atomic E-state index is -2.80. The highest BCUT2D eigenvalue weighted by Crippen LogP contribution is 2.41. The number of rotatable bonds is 4. The van der Waals surface area contributed by atoms with E-state index in [9.17, 15) is 9.36 Å². The molecule has 0 aliphatic carbocycles. The zero-order chi connectivity index (χ0) is 20.9. The van der Waals surface area contributed by atoms with E-state index in [2.05, 4.69) is 10.3 Å². The number of hydrogen-bond donors (Lipinski definition) is 1. The second-order valence-corrected chi connectivity index (χ2v) is 11.2. The lowest BCUT2D eigenvalue weighted by Crippen LogP contribution is -2.42. The van der Waals surface area contributed by atoms with Crippen molar-refractivity contribution >= 4 is 24.2 Å². The highest BCUT2D eigenvalue weighted by atomic mass is 31.2. The molecule has 1 N–H and O–H groups in total. The predicted octanol–water partition coefficient (Wildman–Crippen LogP) is 3.24. The number of nitrogens with zero attached hydrogens (tertiary/aromatic N) is 2. The van der Waals surface area contributed by atoms with Crippen LogP contribution in [0.1, 0.15) is 13.8 Å². The average molecular weight is 407 g/mol. The number of carbonyl (C=O) groups is 1. The van der Waals surface area contributed by atoms with Crippen LogP contribution in [0, 0.1) is 17.0 Å². The quantitative estimate of drug-likeness (QED) is 0.791. The summed E-state index contributed by atoms with van der Waals surface area (Å²) in [6.07, 6.45) is 1.48. The number of aromatic nitrogens is 1. The van der Waals surface area contributed by atoms with Crippen molar-refractivity contribution in [3.8, 4) is 11.1 Å². The van der Waals surface area contributed by atoms with Gasteiger partial charge in [-0.3, -0.25) is 9.78 Å². The number of nitrogens with one attached hydrogen (secondary N) is 1. The molecule has 28 heavy (non-hydrogen) atoms. The molecule has 1 unspecified atom stereocenters. The van der Waals surface area contributed by atoms with Gasteiger partial charge in [-0.2, -0.15) is 0 Å². The van der Waals surface area contributed by atoms with E-state index in [1.807, 2.05) is 13.8 Å². The van der Waals surface area contributed by atoms with Crippen LogP contribution in [0.5, 0.6) is 0 Å². The maximum atomic E-state index is 15.0. The van der Waals surface area contributed by atoms with Crippen LogP contribution in [-0.2, 0) is 9.36 Å². The zero-order valence-electron chi connectivity index (χ0n) is 16.6. The molecule has 3 rings (SSSR count). The van der Waals surface area contributed by atoms with Crippen molar-refractivity contribution < 1.29 is 18.1 Å². The maximum Gasteiger partial charge on any atom is 0.244 e. The van der Waals surface area contributed by atoms with E-state index < -0.39 is 30.2 Å². The monoisotopic (exact) mass is 407 g/mol. The molecule has 1 fully saturated rings. The number of anilines is 1. The summed E-state index contributed by atoms with van der Waals surface area (Å²) in [5.41, 5.74) is -0.0150. The maximum absolute atomic E-state index is 15.0. The van der Waals surface area contributed by atoms with Crippen molar-refractivity contribution in [3.63, 3.8) is 0 Å². The van der Waals surface area contributed by atoms with Gasteiger partial charge in [0.25, 0.3) is 0 Å². The molecule has 0 radical (unpaired) electrons. The molecular formula is C20H24F2N3O2P. The van der Waals surface area contributed by atoms with Crippen molar-refractivity contribution in [2.24, 2.45) is 5.41 Å². The number of carbonyl (C=O) groups excluding carboxylic acids is 1. The Labute approximate surface area is 163 Å². The summed E-state index contributed by atoms with van der Waals surface area (Å²) in [6.45, 7) is 7.13. The van der Waals surface area contributed by atoms with E-state index in [1.165, 1.54) is 36.6 Å². The van der Waals surface area contributed by atoms with Crippen LogP contribution in [-0.4, -0.2) is 43.9 Å². The summed E-state index contributed by atoms with van der Waals surface area (Å²) in [7, 11) is -1.13. The van der Waals surface area contributed by atoms with Crippen molar-refractivity contribution in [2.75, 3.05) is 31.8 Å². The predicted molar refractivity (Wildman–Crippen MR) is 108 cm³/mol. The zero-order valence-corrected chi connectivity index (χ0v) is 17.5. The normalized spacial score (nSPS) is 19.3. The van der Waals surface area contributed by atoms with Crippen molar-refractivity contribution in [3.05, 3.63) is 42.1 Å². The molecule has 1 aromatic carbocycles. The molecule has 8 heteroatoms. The molecule has 0 spiro atoms. The minimum Gasteiger partial charge on any atom is -0.318 e. The first kappa shape index (κ1) is 20.6. The number of amides is 1. The highest BCUT2D eigenvalue weighted by Gasteiger charge is 2.46. The van der Waals surface area contributed by atoms with Gasteiger partial charge in [0.1, 0.15) is 12.6 Å². The van der Waals surface area contributed by atoms with E-state index in [0.29, 0.717) is 5.56 Å². The Kier molecular flexibility index (Phi) is 5.19. The fraction of sp³-hybridized carbons (Fsp3) is 0.400. The van der Waals surface area contributed by atoms with Crippen LogP contribution >= 0.6 is 7.14 Å². The van der Waals surface area contributed by atoms with Crippen molar-refractivity contribution in [2.45, 2.75) is 19.9 Å². The SMILES string of the molecule is CNC1C(=O)N(c2ccc(-c3cccnc3P(C)(C)=O)c(F)c2F)CC1(C)C. The summed E-state index contributed by atoms with van der Waals surface area (Å²) in [5, 5.41) is 2.95. The molecule has 0 saturated carbocycles. The fourth-order valence-electron chi connectivity index (χ4n) is 3.78. The third-order valence-corrected chi connectivity index (χ3v) is 6.46. The lowest BCUT2D eigenvalue weighted by molar-refractivity contribution is -0.119. The summed E-state index contributed by atoms with van der Waals surface area (Å²) in [5.74, 6) is -2.49. The van der Waals surface area contributed by atoms with Gasteiger partial charge in [-0.05, 0) is 38.6 Å². The summed E-state index contributed by atoms with van der Waals surface area (Å²) >= 11 is 0. The van der Waals surface area contributed by atoms with Gasteiger partial charge in [0.05, 0.1) is 11.7 Å². The molecule has 1 amide bonds. The molecule has 2 aromatic rings. The van der Waals surface area contributed by atoms with Crippen LogP contribution in [0.3, 0.4) is 0 Å². The molecule has 1 saturated heterocycles. The Morgan fingerprint density at radius 2 is 1.86 bits per heavy atom. The van der Waals surface area contributed by atoms with E-state index >= 15 is 8.78 Å². The molecule has 2 heterocycles. The standard InChI is InChI=1S/C20H24F2N3O2P/c1-20(2)11-25(19(26)17(20)23-3)14-9-8-12(15(21)16(14)22)13-7-6-10-24-18(13)28(4,5)27/h6-10,17,23H,11H2,1-5H3. The summed E-state index contributed by atoms with van der Waals surface area (Å²) < 4.78 is 42.6. The Morgan fingerprint density at radius 1 is 1.18 bits per heavy atom. The largest absolute Gasteiger partial charge is 0.318 e. The van der Waals surface area contributed by atoms with Crippen LogP contribution in [0.15, 0.2) is 30.5 Å². The Bertz CT molecular complexity index is 987. The number of pyridine rings is 1. The van der Waals surface area contributed by atoms with Gasteiger partial charge in [0, 0.05) is 29.3 Å². The van der Waals surface area contributed by atoms with E-state index in [-0.39, 0.29) is 29.1 Å². The average Bonchev–Trinajstić information content (AvgIpc) is 2.85. The van der Waals surface area contributed by atoms with Gasteiger partial charge in [-0.15, -0.1) is 0 Å². The molecular weight excluding hydrogens is 383 g/mol. The number of halogens is 2. The first-order chi connectivity index (χ1) is 13.0.